The van der Waals surface area contributed by atoms with Gasteiger partial charge in [-0.1, -0.05) is 0 Å². The summed E-state index contributed by atoms with van der Waals surface area (Å²) in [6.45, 7) is 0.0111. The summed E-state index contributed by atoms with van der Waals surface area (Å²) >= 11 is 0. The van der Waals surface area contributed by atoms with E-state index in [9.17, 15) is 18.0 Å². The Balaban J connectivity index is 2.90. The molecule has 1 rings (SSSR count). The predicted molar refractivity (Wildman–Crippen MR) is 26.5 cm³/mol. The topological polar surface area (TPSA) is 35.5 Å². The van der Waals surface area contributed by atoms with Crippen LogP contribution in [0.1, 0.15) is 6.92 Å². The van der Waals surface area contributed by atoms with Crippen molar-refractivity contribution in [2.45, 2.75) is 18.7 Å². The molecule has 0 aromatic heterocycles. The SMILES string of the molecule is CC1(C(F)(F)F)OCOC1=O. The lowest BCUT2D eigenvalue weighted by molar-refractivity contribution is -0.246. The quantitative estimate of drug-likeness (QED) is 0.505. The van der Waals surface area contributed by atoms with Gasteiger partial charge in [-0.2, -0.15) is 13.2 Å². The molecule has 1 aliphatic rings. The van der Waals surface area contributed by atoms with Gasteiger partial charge in [0.15, 0.2) is 6.79 Å². The molecule has 3 nitrogen and oxygen atoms in total. The number of hydrogen-bond acceptors (Lipinski definition) is 3. The number of cyclic esters (lactones) is 1. The first kappa shape index (κ1) is 8.32. The van der Waals surface area contributed by atoms with Gasteiger partial charge in [0.05, 0.1) is 0 Å². The Morgan fingerprint density at radius 2 is 2.09 bits per heavy atom. The molecule has 0 aromatic rings. The molecule has 1 atom stereocenters. The average molecular weight is 170 g/mol. The van der Waals surface area contributed by atoms with E-state index in [1.54, 1.807) is 0 Å². The third-order valence-corrected chi connectivity index (χ3v) is 1.47. The second-order valence-corrected chi connectivity index (χ2v) is 2.22. The van der Waals surface area contributed by atoms with Gasteiger partial charge in [0.1, 0.15) is 0 Å². The largest absolute Gasteiger partial charge is 0.436 e. The number of carbonyl (C=O) groups is 1. The fourth-order valence-corrected chi connectivity index (χ4v) is 0.595. The third-order valence-electron chi connectivity index (χ3n) is 1.47. The first-order valence-corrected chi connectivity index (χ1v) is 2.76. The van der Waals surface area contributed by atoms with E-state index in [2.05, 4.69) is 9.47 Å². The minimum atomic E-state index is -4.71. The fourth-order valence-electron chi connectivity index (χ4n) is 0.595. The lowest BCUT2D eigenvalue weighted by Crippen LogP contribution is -2.47. The summed E-state index contributed by atoms with van der Waals surface area (Å²) in [7, 11) is 0. The Kier molecular flexibility index (Phi) is 1.59. The summed E-state index contributed by atoms with van der Waals surface area (Å²) in [4.78, 5) is 10.5. The first-order valence-electron chi connectivity index (χ1n) is 2.76. The molecule has 0 bridgehead atoms. The van der Waals surface area contributed by atoms with Crippen molar-refractivity contribution in [1.82, 2.24) is 0 Å². The summed E-state index contributed by atoms with van der Waals surface area (Å²) in [5.41, 5.74) is -2.77. The summed E-state index contributed by atoms with van der Waals surface area (Å²) in [5.74, 6) is -1.38. The predicted octanol–water partition coefficient (Wildman–Crippen LogP) is 0.838. The van der Waals surface area contributed by atoms with Crippen molar-refractivity contribution in [3.05, 3.63) is 0 Å². The highest BCUT2D eigenvalue weighted by atomic mass is 19.4. The van der Waals surface area contributed by atoms with Crippen LogP contribution in [0.15, 0.2) is 0 Å². The smallest absolute Gasteiger partial charge is 0.428 e. The van der Waals surface area contributed by atoms with Crippen LogP contribution in [0.3, 0.4) is 0 Å². The number of esters is 1. The van der Waals surface area contributed by atoms with Crippen LogP contribution in [0.2, 0.25) is 0 Å². The Bertz CT molecular complexity index is 188. The van der Waals surface area contributed by atoms with Crippen LogP contribution >= 0.6 is 0 Å². The van der Waals surface area contributed by atoms with Gasteiger partial charge in [0, 0.05) is 0 Å². The lowest BCUT2D eigenvalue weighted by Gasteiger charge is -2.20. The normalized spacial score (nSPS) is 32.2. The molecule has 0 aliphatic carbocycles. The monoisotopic (exact) mass is 170 g/mol. The molecule has 6 heteroatoms. The van der Waals surface area contributed by atoms with Gasteiger partial charge in [0.25, 0.3) is 5.60 Å². The van der Waals surface area contributed by atoms with Crippen molar-refractivity contribution in [2.24, 2.45) is 0 Å². The van der Waals surface area contributed by atoms with Crippen LogP contribution in [0, 0.1) is 0 Å². The van der Waals surface area contributed by atoms with E-state index in [-0.39, 0.29) is 0 Å². The van der Waals surface area contributed by atoms with Crippen LogP contribution in [0.5, 0.6) is 0 Å². The molecule has 0 spiro atoms. The number of carbonyl (C=O) groups excluding carboxylic acids is 1. The van der Waals surface area contributed by atoms with Gasteiger partial charge < -0.3 is 9.47 Å². The highest BCUT2D eigenvalue weighted by molar-refractivity contribution is 5.81. The molecule has 1 aliphatic heterocycles. The second kappa shape index (κ2) is 2.10. The van der Waals surface area contributed by atoms with Gasteiger partial charge in [-0.15, -0.1) is 0 Å². The Hall–Kier alpha value is -0.780. The van der Waals surface area contributed by atoms with Gasteiger partial charge in [-0.3, -0.25) is 0 Å². The molecule has 64 valence electrons. The molecular weight excluding hydrogens is 165 g/mol. The maximum Gasteiger partial charge on any atom is 0.428 e. The fraction of sp³-hybridized carbons (Fsp3) is 0.800. The minimum absolute atomic E-state index is 0.630. The molecule has 0 amide bonds. The van der Waals surface area contributed by atoms with Crippen molar-refractivity contribution >= 4 is 5.97 Å². The van der Waals surface area contributed by atoms with E-state index < -0.39 is 24.5 Å². The standard InChI is InChI=1S/C5H5F3O3/c1-4(5(6,7)8)3(9)10-2-11-4/h2H2,1H3. The molecule has 1 fully saturated rings. The Labute approximate surface area is 60.1 Å². The second-order valence-electron chi connectivity index (χ2n) is 2.22. The highest BCUT2D eigenvalue weighted by Gasteiger charge is 2.62. The summed E-state index contributed by atoms with van der Waals surface area (Å²) < 4.78 is 44.0. The van der Waals surface area contributed by atoms with Crippen molar-refractivity contribution in [2.75, 3.05) is 6.79 Å². The van der Waals surface area contributed by atoms with Crippen LogP contribution in [-0.4, -0.2) is 24.5 Å². The van der Waals surface area contributed by atoms with Gasteiger partial charge in [-0.05, 0) is 6.92 Å². The number of ether oxygens (including phenoxy) is 2. The van der Waals surface area contributed by atoms with Crippen molar-refractivity contribution < 1.29 is 27.4 Å². The maximum atomic E-state index is 12.0. The zero-order valence-corrected chi connectivity index (χ0v) is 5.57. The summed E-state index contributed by atoms with van der Waals surface area (Å²) in [6, 6.07) is 0. The molecule has 1 saturated heterocycles. The van der Waals surface area contributed by atoms with Gasteiger partial charge in [0.2, 0.25) is 0 Å². The zero-order valence-electron chi connectivity index (χ0n) is 5.57. The van der Waals surface area contributed by atoms with E-state index in [1.165, 1.54) is 0 Å². The highest BCUT2D eigenvalue weighted by Crippen LogP contribution is 2.37. The average Bonchev–Trinajstić information content (AvgIpc) is 2.12. The molecule has 1 heterocycles. The molecule has 1 unspecified atom stereocenters. The van der Waals surface area contributed by atoms with Crippen LogP contribution < -0.4 is 0 Å². The van der Waals surface area contributed by atoms with Crippen LogP contribution in [0.25, 0.3) is 0 Å². The van der Waals surface area contributed by atoms with E-state index >= 15 is 0 Å². The molecule has 0 aromatic carbocycles. The van der Waals surface area contributed by atoms with Crippen LogP contribution in [0.4, 0.5) is 13.2 Å². The van der Waals surface area contributed by atoms with E-state index in [4.69, 9.17) is 0 Å². The lowest BCUT2D eigenvalue weighted by atomic mass is 10.1. The van der Waals surface area contributed by atoms with Crippen molar-refractivity contribution in [1.29, 1.82) is 0 Å². The Morgan fingerprint density at radius 3 is 2.27 bits per heavy atom. The van der Waals surface area contributed by atoms with E-state index in [0.717, 1.165) is 0 Å². The van der Waals surface area contributed by atoms with Crippen molar-refractivity contribution in [3.63, 3.8) is 0 Å². The first-order chi connectivity index (χ1) is 4.88. The van der Waals surface area contributed by atoms with Crippen LogP contribution in [-0.2, 0) is 14.3 Å². The van der Waals surface area contributed by atoms with E-state index in [1.807, 2.05) is 0 Å². The number of halogens is 3. The third kappa shape index (κ3) is 1.07. The molecule has 0 radical (unpaired) electrons. The number of rotatable bonds is 0. The van der Waals surface area contributed by atoms with Crippen molar-refractivity contribution in [3.8, 4) is 0 Å². The summed E-state index contributed by atoms with van der Waals surface area (Å²) in [5, 5.41) is 0. The number of hydrogen-bond donors (Lipinski definition) is 0. The number of alkyl halides is 3. The minimum Gasteiger partial charge on any atom is -0.436 e. The molecule has 0 saturated carbocycles. The zero-order chi connectivity index (χ0) is 8.70. The molecular formula is C5H5F3O3. The van der Waals surface area contributed by atoms with E-state index in [0.29, 0.717) is 6.92 Å². The maximum absolute atomic E-state index is 12.0. The Morgan fingerprint density at radius 1 is 1.55 bits per heavy atom. The summed E-state index contributed by atoms with van der Waals surface area (Å²) in [6.07, 6.45) is -4.71. The molecule has 11 heavy (non-hydrogen) atoms. The van der Waals surface area contributed by atoms with Gasteiger partial charge in [-0.25, -0.2) is 4.79 Å². The van der Waals surface area contributed by atoms with Gasteiger partial charge >= 0.3 is 12.1 Å². The molecule has 0 N–H and O–H groups in total.